The van der Waals surface area contributed by atoms with Crippen LogP contribution >= 0.6 is 11.8 Å². The van der Waals surface area contributed by atoms with Gasteiger partial charge < -0.3 is 25.4 Å². The summed E-state index contributed by atoms with van der Waals surface area (Å²) in [5.74, 6) is 0.0763. The van der Waals surface area contributed by atoms with E-state index in [2.05, 4.69) is 27.9 Å². The average Bonchev–Trinajstić information content (AvgIpc) is 3.09. The van der Waals surface area contributed by atoms with Crippen molar-refractivity contribution in [3.63, 3.8) is 0 Å². The van der Waals surface area contributed by atoms with Gasteiger partial charge in [0.25, 0.3) is 0 Å². The summed E-state index contributed by atoms with van der Waals surface area (Å²) >= 11 is 1.77. The zero-order valence-corrected chi connectivity index (χ0v) is 26.4. The van der Waals surface area contributed by atoms with Crippen molar-refractivity contribution in [3.05, 3.63) is 126 Å². The largest absolute Gasteiger partial charge is 0.453 e. The van der Waals surface area contributed by atoms with Gasteiger partial charge in [-0.1, -0.05) is 78.9 Å². The highest BCUT2D eigenvalue weighted by atomic mass is 32.2. The van der Waals surface area contributed by atoms with Gasteiger partial charge in [-0.3, -0.25) is 9.78 Å². The number of hydrogen-bond acceptors (Lipinski definition) is 7. The Morgan fingerprint density at radius 1 is 0.956 bits per heavy atom. The highest BCUT2D eigenvalue weighted by Gasteiger charge is 2.33. The maximum Gasteiger partial charge on any atom is 0.407 e. The van der Waals surface area contributed by atoms with Crippen LogP contribution in [0.4, 0.5) is 10.5 Å². The number of anilines is 1. The molecule has 2 amide bonds. The van der Waals surface area contributed by atoms with Crippen LogP contribution in [0.3, 0.4) is 0 Å². The molecule has 9 heteroatoms. The fourth-order valence-electron chi connectivity index (χ4n) is 5.60. The number of nitrogens with zero attached hydrogens (tertiary/aromatic N) is 1. The Bertz CT molecular complexity index is 1470. The molecule has 4 unspecified atom stereocenters. The highest BCUT2D eigenvalue weighted by molar-refractivity contribution is 7.99. The molecule has 234 valence electrons. The number of rotatable bonds is 12. The molecule has 0 spiro atoms. The normalized spacial score (nSPS) is 18.6. The van der Waals surface area contributed by atoms with Crippen LogP contribution in [-0.2, 0) is 20.7 Å². The third-order valence-electron chi connectivity index (χ3n) is 8.06. The predicted octanol–water partition coefficient (Wildman–Crippen LogP) is 6.05. The summed E-state index contributed by atoms with van der Waals surface area (Å²) in [6.07, 6.45) is 4.58. The molecule has 3 N–H and O–H groups in total. The van der Waals surface area contributed by atoms with Gasteiger partial charge in [0.15, 0.2) is 0 Å². The number of hydrogen-bond donors (Lipinski definition) is 3. The summed E-state index contributed by atoms with van der Waals surface area (Å²) in [5, 5.41) is 9.55. The second kappa shape index (κ2) is 16.2. The first-order chi connectivity index (χ1) is 22.0. The molecule has 1 aromatic heterocycles. The Labute approximate surface area is 269 Å². The van der Waals surface area contributed by atoms with Gasteiger partial charge in [0.2, 0.25) is 5.91 Å². The fourth-order valence-corrected chi connectivity index (χ4v) is 6.64. The molecule has 4 aromatic rings. The minimum absolute atomic E-state index is 0.0438. The third-order valence-corrected chi connectivity index (χ3v) is 9.16. The lowest BCUT2D eigenvalue weighted by Crippen LogP contribution is -2.52. The summed E-state index contributed by atoms with van der Waals surface area (Å²) < 4.78 is 11.5. The Hall–Kier alpha value is -4.18. The van der Waals surface area contributed by atoms with Crippen molar-refractivity contribution in [1.82, 2.24) is 15.6 Å². The number of aryl methyl sites for hydroxylation is 1. The van der Waals surface area contributed by atoms with E-state index in [0.29, 0.717) is 5.69 Å². The molecule has 1 fully saturated rings. The topological polar surface area (TPSA) is 102 Å². The molecule has 1 aliphatic rings. The van der Waals surface area contributed by atoms with Gasteiger partial charge in [-0.05, 0) is 54.7 Å². The number of para-hydroxylation sites is 1. The second-order valence-corrected chi connectivity index (χ2v) is 12.2. The molecule has 0 saturated carbocycles. The smallest absolute Gasteiger partial charge is 0.407 e. The van der Waals surface area contributed by atoms with E-state index in [1.54, 1.807) is 11.8 Å². The molecule has 5 rings (SSSR count). The van der Waals surface area contributed by atoms with E-state index < -0.39 is 18.1 Å². The number of carbonyl (C=O) groups excluding carboxylic acids is 2. The molecule has 0 aliphatic carbocycles. The lowest BCUT2D eigenvalue weighted by Gasteiger charge is -2.36. The number of methoxy groups -OCH3 is 1. The molecule has 8 nitrogen and oxygen atoms in total. The number of morpholine rings is 1. The Kier molecular flexibility index (Phi) is 11.6. The number of aromatic nitrogens is 1. The van der Waals surface area contributed by atoms with Gasteiger partial charge in [0.05, 0.1) is 19.3 Å². The van der Waals surface area contributed by atoms with E-state index in [1.165, 1.54) is 12.0 Å². The van der Waals surface area contributed by atoms with Gasteiger partial charge in [-0.15, -0.1) is 11.8 Å². The van der Waals surface area contributed by atoms with Crippen LogP contribution in [-0.4, -0.2) is 60.7 Å². The van der Waals surface area contributed by atoms with Crippen LogP contribution in [0, 0.1) is 0 Å². The van der Waals surface area contributed by atoms with Gasteiger partial charge in [0.1, 0.15) is 6.04 Å². The number of carbonyl (C=O) groups is 2. The number of pyridine rings is 1. The fraction of sp³-hybridized carbons (Fsp3) is 0.306. The van der Waals surface area contributed by atoms with E-state index in [1.807, 2.05) is 109 Å². The summed E-state index contributed by atoms with van der Waals surface area (Å²) in [5.41, 5.74) is 3.52. The van der Waals surface area contributed by atoms with Crippen LogP contribution in [0.2, 0.25) is 0 Å². The molecule has 0 radical (unpaired) electrons. The Morgan fingerprint density at radius 3 is 2.27 bits per heavy atom. The summed E-state index contributed by atoms with van der Waals surface area (Å²) in [6.45, 7) is 2.93. The maximum absolute atomic E-state index is 14.1. The molecule has 45 heavy (non-hydrogen) atoms. The molecule has 2 heterocycles. The van der Waals surface area contributed by atoms with Crippen LogP contribution in [0.15, 0.2) is 114 Å². The first-order valence-corrected chi connectivity index (χ1v) is 16.2. The van der Waals surface area contributed by atoms with E-state index in [0.717, 1.165) is 41.8 Å². The van der Waals surface area contributed by atoms with Crippen molar-refractivity contribution in [2.75, 3.05) is 24.7 Å². The van der Waals surface area contributed by atoms with Crippen LogP contribution in [0.5, 0.6) is 0 Å². The van der Waals surface area contributed by atoms with E-state index in [-0.39, 0.29) is 24.2 Å². The van der Waals surface area contributed by atoms with Crippen LogP contribution in [0.25, 0.3) is 0 Å². The molecular weight excluding hydrogens is 584 g/mol. The molecule has 1 saturated heterocycles. The second-order valence-electron chi connectivity index (χ2n) is 11.1. The number of alkyl carbamates (subject to hydrolysis) is 1. The average molecular weight is 625 g/mol. The van der Waals surface area contributed by atoms with Crippen LogP contribution < -0.4 is 16.0 Å². The van der Waals surface area contributed by atoms with E-state index in [9.17, 15) is 9.59 Å². The molecule has 3 aromatic carbocycles. The standard InChI is InChI=1S/C36H40N4O4S/c1-25-32(24-45-30-19-21-37-22-20-30)44-29(23-38-25)18-17-26-11-9-10-16-31(26)39-35(41)34(40-36(42)43-2)33(27-12-5-3-6-13-27)28-14-7-4-8-15-28/h3-16,19-22,25,29,32-34,38H,17-18,23-24H2,1-2H3,(H,39,41)(H,40,42). The minimum Gasteiger partial charge on any atom is -0.453 e. The monoisotopic (exact) mass is 624 g/mol. The number of ether oxygens (including phenoxy) is 2. The number of nitrogens with one attached hydrogen (secondary N) is 3. The lowest BCUT2D eigenvalue weighted by atomic mass is 9.84. The number of benzene rings is 3. The minimum atomic E-state index is -0.929. The SMILES string of the molecule is COC(=O)NC(C(=O)Nc1ccccc1CCC1CNC(C)C(CSc2ccncc2)O1)C(c1ccccc1)c1ccccc1. The van der Waals surface area contributed by atoms with Crippen molar-refractivity contribution in [3.8, 4) is 0 Å². The molecule has 4 atom stereocenters. The molecule has 1 aliphatic heterocycles. The first kappa shape index (κ1) is 32.2. The van der Waals surface area contributed by atoms with Crippen molar-refractivity contribution in [1.29, 1.82) is 0 Å². The zero-order valence-electron chi connectivity index (χ0n) is 25.6. The summed E-state index contributed by atoms with van der Waals surface area (Å²) in [4.78, 5) is 31.9. The summed E-state index contributed by atoms with van der Waals surface area (Å²) in [6, 6.07) is 30.6. The van der Waals surface area contributed by atoms with E-state index >= 15 is 0 Å². The Morgan fingerprint density at radius 2 is 1.60 bits per heavy atom. The highest BCUT2D eigenvalue weighted by Crippen LogP contribution is 2.30. The van der Waals surface area contributed by atoms with Crippen molar-refractivity contribution < 1.29 is 19.1 Å². The van der Waals surface area contributed by atoms with Crippen molar-refractivity contribution in [2.45, 2.75) is 54.9 Å². The number of amides is 2. The molecular formula is C36H40N4O4S. The van der Waals surface area contributed by atoms with Crippen LogP contribution in [0.1, 0.15) is 36.0 Å². The Balaban J connectivity index is 1.29. The van der Waals surface area contributed by atoms with E-state index in [4.69, 9.17) is 9.47 Å². The third kappa shape index (κ3) is 8.94. The van der Waals surface area contributed by atoms with Gasteiger partial charge in [0, 0.05) is 47.2 Å². The van der Waals surface area contributed by atoms with Crippen molar-refractivity contribution in [2.24, 2.45) is 0 Å². The van der Waals surface area contributed by atoms with Crippen molar-refractivity contribution >= 4 is 29.4 Å². The lowest BCUT2D eigenvalue weighted by molar-refractivity contribution is -0.118. The van der Waals surface area contributed by atoms with Gasteiger partial charge in [-0.25, -0.2) is 4.79 Å². The maximum atomic E-state index is 14.1. The zero-order chi connectivity index (χ0) is 31.4. The molecule has 0 bridgehead atoms. The van der Waals surface area contributed by atoms with Gasteiger partial charge in [-0.2, -0.15) is 0 Å². The summed E-state index contributed by atoms with van der Waals surface area (Å²) in [7, 11) is 1.30. The quantitative estimate of drug-likeness (QED) is 0.165. The predicted molar refractivity (Wildman–Crippen MR) is 179 cm³/mol. The van der Waals surface area contributed by atoms with Gasteiger partial charge >= 0.3 is 6.09 Å². The first-order valence-electron chi connectivity index (χ1n) is 15.3. The number of thioether (sulfide) groups is 1.